The Morgan fingerprint density at radius 2 is 1.77 bits per heavy atom. The fourth-order valence-corrected chi connectivity index (χ4v) is 5.30. The monoisotopic (exact) mass is 413 g/mol. The minimum absolute atomic E-state index is 0.0644. The summed E-state index contributed by atoms with van der Waals surface area (Å²) in [5.74, 6) is 0.703. The first-order valence-electron chi connectivity index (χ1n) is 10.5. The van der Waals surface area contributed by atoms with Crippen molar-refractivity contribution >= 4 is 45.5 Å². The maximum atomic E-state index is 13.5. The van der Waals surface area contributed by atoms with Gasteiger partial charge in [0.1, 0.15) is 0 Å². The summed E-state index contributed by atoms with van der Waals surface area (Å²) in [6, 6.07) is 20.4. The van der Waals surface area contributed by atoms with Crippen LogP contribution in [0.1, 0.15) is 37.7 Å². The van der Waals surface area contributed by atoms with Crippen molar-refractivity contribution in [1.29, 1.82) is 0 Å². The molecule has 0 atom stereocenters. The molecule has 1 aliphatic heterocycles. The van der Waals surface area contributed by atoms with Crippen LogP contribution in [0.5, 0.6) is 0 Å². The number of amides is 1. The molecule has 2 aliphatic rings. The van der Waals surface area contributed by atoms with E-state index in [-0.39, 0.29) is 11.9 Å². The Bertz CT molecular complexity index is 1130. The molecule has 0 unspecified atom stereocenters. The molecule has 3 aromatic rings. The van der Waals surface area contributed by atoms with Crippen LogP contribution in [0.3, 0.4) is 0 Å². The fourth-order valence-electron chi connectivity index (χ4n) is 4.26. The number of carbonyl (C=O) groups excluding carboxylic acids is 1. The highest BCUT2D eigenvalue weighted by Crippen LogP contribution is 2.38. The predicted molar refractivity (Wildman–Crippen MR) is 125 cm³/mol. The number of hydrogen-bond donors (Lipinski definition) is 0. The van der Waals surface area contributed by atoms with Crippen LogP contribution in [-0.2, 0) is 4.79 Å². The van der Waals surface area contributed by atoms with E-state index in [0.717, 1.165) is 33.9 Å². The van der Waals surface area contributed by atoms with E-state index in [1.807, 2.05) is 47.4 Å². The number of pyridine rings is 1. The molecule has 2 fully saturated rings. The summed E-state index contributed by atoms with van der Waals surface area (Å²) < 4.78 is 0. The second kappa shape index (κ2) is 8.44. The van der Waals surface area contributed by atoms with E-state index in [1.165, 1.54) is 36.4 Å². The van der Waals surface area contributed by atoms with Crippen LogP contribution in [0.15, 0.2) is 76.8 Å². The van der Waals surface area contributed by atoms with Crippen molar-refractivity contribution in [3.05, 3.63) is 77.3 Å². The lowest BCUT2D eigenvalue weighted by molar-refractivity contribution is -0.124. The third-order valence-electron chi connectivity index (χ3n) is 5.75. The van der Waals surface area contributed by atoms with E-state index < -0.39 is 0 Å². The maximum Gasteiger partial charge on any atom is 0.267 e. The molecule has 2 aromatic carbocycles. The molecule has 1 aromatic heterocycles. The van der Waals surface area contributed by atoms with Gasteiger partial charge < -0.3 is 0 Å². The van der Waals surface area contributed by atoms with Gasteiger partial charge >= 0.3 is 0 Å². The molecule has 1 saturated heterocycles. The van der Waals surface area contributed by atoms with Crippen LogP contribution in [-0.4, -0.2) is 27.0 Å². The van der Waals surface area contributed by atoms with E-state index in [0.29, 0.717) is 5.82 Å². The molecule has 5 rings (SSSR count). The normalized spacial score (nSPS) is 20.5. The van der Waals surface area contributed by atoms with E-state index in [2.05, 4.69) is 29.2 Å². The minimum Gasteiger partial charge on any atom is -0.283 e. The molecular weight excluding hydrogens is 390 g/mol. The quantitative estimate of drug-likeness (QED) is 0.482. The summed E-state index contributed by atoms with van der Waals surface area (Å²) in [7, 11) is 0. The van der Waals surface area contributed by atoms with Crippen molar-refractivity contribution in [3.63, 3.8) is 0 Å². The Kier molecular flexibility index (Phi) is 5.37. The standard InChI is InChI=1S/C25H23N3OS/c29-24-22(17-19-11-8-10-18-9-4-5-14-21(18)19)30-25(27-23-15-6-7-16-26-23)28(24)20-12-2-1-3-13-20/h4-11,14-17,20H,1-3,12-13H2/b22-17-,27-25+. The Morgan fingerprint density at radius 1 is 0.967 bits per heavy atom. The van der Waals surface area contributed by atoms with Crippen LogP contribution in [0.4, 0.5) is 5.82 Å². The number of thioether (sulfide) groups is 1. The van der Waals surface area contributed by atoms with E-state index in [1.54, 1.807) is 6.20 Å². The second-order valence-corrected chi connectivity index (χ2v) is 8.74. The molecule has 5 heteroatoms. The lowest BCUT2D eigenvalue weighted by Crippen LogP contribution is -2.40. The molecule has 0 N–H and O–H groups in total. The van der Waals surface area contributed by atoms with E-state index >= 15 is 0 Å². The molecule has 4 nitrogen and oxygen atoms in total. The molecule has 0 bridgehead atoms. The van der Waals surface area contributed by atoms with Gasteiger partial charge in [-0.3, -0.25) is 9.69 Å². The average molecular weight is 414 g/mol. The molecule has 1 saturated carbocycles. The van der Waals surface area contributed by atoms with Crippen molar-refractivity contribution in [2.45, 2.75) is 38.1 Å². The third-order valence-corrected chi connectivity index (χ3v) is 6.73. The molecule has 0 spiro atoms. The number of aromatic nitrogens is 1. The van der Waals surface area contributed by atoms with Gasteiger partial charge in [-0.15, -0.1) is 0 Å². The molecule has 150 valence electrons. The van der Waals surface area contributed by atoms with Crippen molar-refractivity contribution in [1.82, 2.24) is 9.88 Å². The Hall–Kier alpha value is -2.92. The van der Waals surface area contributed by atoms with Gasteiger partial charge in [0.05, 0.1) is 4.91 Å². The van der Waals surface area contributed by atoms with Gasteiger partial charge in [-0.1, -0.05) is 67.8 Å². The summed E-state index contributed by atoms with van der Waals surface area (Å²) in [4.78, 5) is 25.2. The topological polar surface area (TPSA) is 45.6 Å². The lowest BCUT2D eigenvalue weighted by Gasteiger charge is -2.30. The van der Waals surface area contributed by atoms with Gasteiger partial charge in [-0.05, 0) is 59.1 Å². The van der Waals surface area contributed by atoms with Gasteiger partial charge in [-0.25, -0.2) is 9.98 Å². The molecule has 0 radical (unpaired) electrons. The van der Waals surface area contributed by atoms with Gasteiger partial charge in [0, 0.05) is 12.2 Å². The van der Waals surface area contributed by atoms with Gasteiger partial charge in [0.25, 0.3) is 5.91 Å². The van der Waals surface area contributed by atoms with Crippen molar-refractivity contribution in [2.75, 3.05) is 0 Å². The summed E-state index contributed by atoms with van der Waals surface area (Å²) in [5.41, 5.74) is 1.06. The first-order valence-corrected chi connectivity index (χ1v) is 11.3. The van der Waals surface area contributed by atoms with Crippen LogP contribution < -0.4 is 0 Å². The molecule has 1 aliphatic carbocycles. The molecule has 2 heterocycles. The number of amidine groups is 1. The number of nitrogens with zero attached hydrogens (tertiary/aromatic N) is 3. The lowest BCUT2D eigenvalue weighted by atomic mass is 9.94. The van der Waals surface area contributed by atoms with Crippen molar-refractivity contribution < 1.29 is 4.79 Å². The number of carbonyl (C=O) groups is 1. The van der Waals surface area contributed by atoms with Crippen molar-refractivity contribution in [2.24, 2.45) is 4.99 Å². The average Bonchev–Trinajstić information content (AvgIpc) is 3.10. The second-order valence-electron chi connectivity index (χ2n) is 7.73. The zero-order valence-electron chi connectivity index (χ0n) is 16.7. The van der Waals surface area contributed by atoms with E-state index in [9.17, 15) is 4.79 Å². The largest absolute Gasteiger partial charge is 0.283 e. The summed E-state index contributed by atoms with van der Waals surface area (Å²) >= 11 is 1.47. The van der Waals surface area contributed by atoms with Crippen molar-refractivity contribution in [3.8, 4) is 0 Å². The first-order chi connectivity index (χ1) is 14.8. The molecule has 1 amide bonds. The number of benzene rings is 2. The number of hydrogen-bond acceptors (Lipinski definition) is 4. The fraction of sp³-hybridized carbons (Fsp3) is 0.240. The van der Waals surface area contributed by atoms with Crippen LogP contribution in [0, 0.1) is 0 Å². The van der Waals surface area contributed by atoms with Crippen LogP contribution >= 0.6 is 11.8 Å². The molecule has 30 heavy (non-hydrogen) atoms. The highest BCUT2D eigenvalue weighted by molar-refractivity contribution is 8.18. The predicted octanol–water partition coefficient (Wildman–Crippen LogP) is 6.17. The number of rotatable bonds is 3. The molecular formula is C25H23N3OS. The number of aliphatic imine (C=N–C) groups is 1. The highest BCUT2D eigenvalue weighted by atomic mass is 32.2. The summed E-state index contributed by atoms with van der Waals surface area (Å²) in [6.07, 6.45) is 9.41. The van der Waals surface area contributed by atoms with Gasteiger partial charge in [0.2, 0.25) is 0 Å². The van der Waals surface area contributed by atoms with Crippen LogP contribution in [0.2, 0.25) is 0 Å². The summed E-state index contributed by atoms with van der Waals surface area (Å²) in [6.45, 7) is 0. The zero-order valence-corrected chi connectivity index (χ0v) is 17.5. The Labute approximate surface area is 180 Å². The highest BCUT2D eigenvalue weighted by Gasteiger charge is 2.38. The third kappa shape index (κ3) is 3.77. The first kappa shape index (κ1) is 19.1. The van der Waals surface area contributed by atoms with E-state index in [4.69, 9.17) is 4.99 Å². The van der Waals surface area contributed by atoms with Gasteiger partial charge in [-0.2, -0.15) is 0 Å². The summed E-state index contributed by atoms with van der Waals surface area (Å²) in [5, 5.41) is 3.08. The van der Waals surface area contributed by atoms with Gasteiger partial charge in [0.15, 0.2) is 11.0 Å². The maximum absolute atomic E-state index is 13.5. The Morgan fingerprint density at radius 3 is 2.60 bits per heavy atom. The minimum atomic E-state index is 0.0644. The number of fused-ring (bicyclic) bond motifs is 1. The zero-order chi connectivity index (χ0) is 20.3. The smallest absolute Gasteiger partial charge is 0.267 e. The SMILES string of the molecule is O=C1/C(=C/c2cccc3ccccc23)S/C(=N/c2ccccn2)N1C1CCCCC1. The van der Waals surface area contributed by atoms with Crippen LogP contribution in [0.25, 0.3) is 16.8 Å². The Balaban J connectivity index is 1.56.